The zero-order valence-corrected chi connectivity index (χ0v) is 8.92. The zero-order chi connectivity index (χ0) is 11.7. The highest BCUT2D eigenvalue weighted by Crippen LogP contribution is 2.24. The maximum absolute atomic E-state index is 11.9. The zero-order valence-electron chi connectivity index (χ0n) is 8.92. The molecule has 0 radical (unpaired) electrons. The second-order valence-corrected chi connectivity index (χ2v) is 4.11. The number of hydrogen-bond acceptors (Lipinski definition) is 3. The topological polar surface area (TPSA) is 70.8 Å². The third-order valence-electron chi connectivity index (χ3n) is 2.95. The van der Waals surface area contributed by atoms with E-state index >= 15 is 0 Å². The molecule has 0 aromatic carbocycles. The molecule has 1 fully saturated rings. The fourth-order valence-electron chi connectivity index (χ4n) is 2.01. The monoisotopic (exact) mass is 223 g/mol. The second-order valence-electron chi connectivity index (χ2n) is 4.11. The summed E-state index contributed by atoms with van der Waals surface area (Å²) in [5.41, 5.74) is 0. The number of carboxylic acid groups (broad SMARTS) is 1. The molecule has 5 nitrogen and oxygen atoms in total. The first-order chi connectivity index (χ1) is 7.59. The molecule has 2 atom stereocenters. The number of amides is 1. The van der Waals surface area contributed by atoms with E-state index in [1.165, 1.54) is 11.2 Å². The summed E-state index contributed by atoms with van der Waals surface area (Å²) in [6, 6.07) is 3.22. The number of likely N-dealkylation sites (tertiary alicyclic amines) is 1. The molecule has 2 unspecified atom stereocenters. The minimum Gasteiger partial charge on any atom is -0.481 e. The molecule has 2 rings (SSSR count). The first kappa shape index (κ1) is 10.7. The van der Waals surface area contributed by atoms with E-state index < -0.39 is 11.9 Å². The molecule has 0 bridgehead atoms. The normalized spacial score (nSPS) is 24.7. The molecule has 1 N–H and O–H groups in total. The van der Waals surface area contributed by atoms with Crippen molar-refractivity contribution in [3.63, 3.8) is 0 Å². The van der Waals surface area contributed by atoms with Crippen molar-refractivity contribution in [3.8, 4) is 0 Å². The van der Waals surface area contributed by atoms with Crippen LogP contribution in [0.1, 0.15) is 17.5 Å². The van der Waals surface area contributed by atoms with Gasteiger partial charge >= 0.3 is 5.97 Å². The predicted octanol–water partition coefficient (Wildman–Crippen LogP) is 1.07. The van der Waals surface area contributed by atoms with Crippen LogP contribution in [-0.2, 0) is 4.79 Å². The number of carbonyl (C=O) groups is 2. The molecule has 1 saturated heterocycles. The smallest absolute Gasteiger partial charge is 0.308 e. The van der Waals surface area contributed by atoms with Crippen molar-refractivity contribution in [2.75, 3.05) is 13.1 Å². The third-order valence-corrected chi connectivity index (χ3v) is 2.95. The van der Waals surface area contributed by atoms with E-state index in [1.807, 2.05) is 6.92 Å². The Morgan fingerprint density at radius 2 is 2.25 bits per heavy atom. The predicted molar refractivity (Wildman–Crippen MR) is 54.9 cm³/mol. The molecule has 1 aliphatic heterocycles. The molecule has 5 heteroatoms. The van der Waals surface area contributed by atoms with Crippen molar-refractivity contribution in [2.24, 2.45) is 11.8 Å². The minimum absolute atomic E-state index is 0.0172. The van der Waals surface area contributed by atoms with Crippen molar-refractivity contribution in [2.45, 2.75) is 6.92 Å². The molecular formula is C11H13NO4. The van der Waals surface area contributed by atoms with E-state index in [2.05, 4.69) is 0 Å². The Hall–Kier alpha value is -1.78. The lowest BCUT2D eigenvalue weighted by Gasteiger charge is -2.13. The van der Waals surface area contributed by atoms with Crippen LogP contribution in [0.25, 0.3) is 0 Å². The highest BCUT2D eigenvalue weighted by Gasteiger charge is 2.37. The second kappa shape index (κ2) is 4.00. The van der Waals surface area contributed by atoms with E-state index in [4.69, 9.17) is 9.52 Å². The van der Waals surface area contributed by atoms with Gasteiger partial charge in [-0.15, -0.1) is 0 Å². The van der Waals surface area contributed by atoms with Crippen LogP contribution in [0.15, 0.2) is 22.8 Å². The van der Waals surface area contributed by atoms with Gasteiger partial charge in [-0.2, -0.15) is 0 Å². The van der Waals surface area contributed by atoms with Crippen LogP contribution >= 0.6 is 0 Å². The molecule has 86 valence electrons. The highest BCUT2D eigenvalue weighted by molar-refractivity contribution is 5.92. The Morgan fingerprint density at radius 1 is 1.50 bits per heavy atom. The van der Waals surface area contributed by atoms with E-state index in [-0.39, 0.29) is 24.1 Å². The summed E-state index contributed by atoms with van der Waals surface area (Å²) in [4.78, 5) is 24.3. The van der Waals surface area contributed by atoms with Gasteiger partial charge in [0.25, 0.3) is 5.91 Å². The summed E-state index contributed by atoms with van der Waals surface area (Å²) in [6.45, 7) is 2.57. The van der Waals surface area contributed by atoms with Crippen LogP contribution in [0.2, 0.25) is 0 Å². The van der Waals surface area contributed by atoms with Gasteiger partial charge in [0.05, 0.1) is 12.2 Å². The summed E-state index contributed by atoms with van der Waals surface area (Å²) in [5, 5.41) is 8.95. The van der Waals surface area contributed by atoms with Gasteiger partial charge in [0, 0.05) is 13.1 Å². The number of rotatable bonds is 2. The standard InChI is InChI=1S/C11H13NO4/c1-7-5-12(6-8(7)11(14)15)10(13)9-3-2-4-16-9/h2-4,7-8H,5-6H2,1H3,(H,14,15). The van der Waals surface area contributed by atoms with Gasteiger partial charge in [0.2, 0.25) is 0 Å². The Morgan fingerprint density at radius 3 is 2.75 bits per heavy atom. The number of carboxylic acids is 1. The molecule has 16 heavy (non-hydrogen) atoms. The van der Waals surface area contributed by atoms with Gasteiger partial charge in [0.15, 0.2) is 5.76 Å². The van der Waals surface area contributed by atoms with Crippen molar-refractivity contribution < 1.29 is 19.1 Å². The fourth-order valence-corrected chi connectivity index (χ4v) is 2.01. The summed E-state index contributed by atoms with van der Waals surface area (Å²) in [5.74, 6) is -1.31. The SMILES string of the molecule is CC1CN(C(=O)c2ccco2)CC1C(=O)O. The highest BCUT2D eigenvalue weighted by atomic mass is 16.4. The van der Waals surface area contributed by atoms with Crippen molar-refractivity contribution in [3.05, 3.63) is 24.2 Å². The van der Waals surface area contributed by atoms with Crippen LogP contribution in [0.3, 0.4) is 0 Å². The molecule has 1 aliphatic rings. The number of hydrogen-bond donors (Lipinski definition) is 1. The molecule has 2 heterocycles. The number of aliphatic carboxylic acids is 1. The molecule has 1 aromatic heterocycles. The van der Waals surface area contributed by atoms with Gasteiger partial charge in [0.1, 0.15) is 0 Å². The van der Waals surface area contributed by atoms with Crippen LogP contribution in [0, 0.1) is 11.8 Å². The first-order valence-electron chi connectivity index (χ1n) is 5.15. The van der Waals surface area contributed by atoms with Crippen LogP contribution in [-0.4, -0.2) is 35.0 Å². The van der Waals surface area contributed by atoms with Crippen molar-refractivity contribution >= 4 is 11.9 Å². The fraction of sp³-hybridized carbons (Fsp3) is 0.455. The van der Waals surface area contributed by atoms with Gasteiger partial charge in [-0.1, -0.05) is 6.92 Å². The molecule has 0 spiro atoms. The third kappa shape index (κ3) is 1.80. The Kier molecular flexibility index (Phi) is 2.68. The van der Waals surface area contributed by atoms with Gasteiger partial charge in [-0.05, 0) is 18.1 Å². The van der Waals surface area contributed by atoms with Crippen LogP contribution < -0.4 is 0 Å². The van der Waals surface area contributed by atoms with E-state index in [9.17, 15) is 9.59 Å². The van der Waals surface area contributed by atoms with Crippen LogP contribution in [0.5, 0.6) is 0 Å². The molecular weight excluding hydrogens is 210 g/mol. The molecule has 0 aliphatic carbocycles. The lowest BCUT2D eigenvalue weighted by Crippen LogP contribution is -2.29. The number of furan rings is 1. The summed E-state index contributed by atoms with van der Waals surface area (Å²) >= 11 is 0. The van der Waals surface area contributed by atoms with Crippen molar-refractivity contribution in [1.29, 1.82) is 0 Å². The summed E-state index contributed by atoms with van der Waals surface area (Å²) in [6.07, 6.45) is 1.43. The minimum atomic E-state index is -0.845. The molecule has 0 saturated carbocycles. The van der Waals surface area contributed by atoms with E-state index in [1.54, 1.807) is 12.1 Å². The summed E-state index contributed by atoms with van der Waals surface area (Å²) < 4.78 is 5.00. The Balaban J connectivity index is 2.09. The lowest BCUT2D eigenvalue weighted by atomic mass is 9.99. The summed E-state index contributed by atoms with van der Waals surface area (Å²) in [7, 11) is 0. The average molecular weight is 223 g/mol. The number of nitrogens with zero attached hydrogens (tertiary/aromatic N) is 1. The van der Waals surface area contributed by atoms with Gasteiger partial charge in [-0.3, -0.25) is 9.59 Å². The van der Waals surface area contributed by atoms with Crippen LogP contribution in [0.4, 0.5) is 0 Å². The molecule has 1 amide bonds. The maximum atomic E-state index is 11.9. The number of carbonyl (C=O) groups excluding carboxylic acids is 1. The Bertz CT molecular complexity index is 398. The quantitative estimate of drug-likeness (QED) is 0.814. The maximum Gasteiger partial charge on any atom is 0.308 e. The van der Waals surface area contributed by atoms with Crippen molar-refractivity contribution in [1.82, 2.24) is 4.90 Å². The van der Waals surface area contributed by atoms with Gasteiger partial charge < -0.3 is 14.4 Å². The first-order valence-corrected chi connectivity index (χ1v) is 5.15. The largest absolute Gasteiger partial charge is 0.481 e. The average Bonchev–Trinajstić information content (AvgIpc) is 2.84. The van der Waals surface area contributed by atoms with Gasteiger partial charge in [-0.25, -0.2) is 0 Å². The van der Waals surface area contributed by atoms with E-state index in [0.717, 1.165) is 0 Å². The Labute approximate surface area is 92.7 Å². The van der Waals surface area contributed by atoms with E-state index in [0.29, 0.717) is 6.54 Å². The lowest BCUT2D eigenvalue weighted by molar-refractivity contribution is -0.142. The molecule has 1 aromatic rings.